The van der Waals surface area contributed by atoms with E-state index in [1.165, 1.54) is 6.07 Å². The molecule has 0 heterocycles. The van der Waals surface area contributed by atoms with E-state index in [0.29, 0.717) is 24.7 Å². The normalized spacial score (nSPS) is 10.9. The summed E-state index contributed by atoms with van der Waals surface area (Å²) in [5.74, 6) is -0.0480. The zero-order valence-corrected chi connectivity index (χ0v) is 12.6. The average molecular weight is 294 g/mol. The zero-order chi connectivity index (χ0) is 16.0. The van der Waals surface area contributed by atoms with Gasteiger partial charge in [0.15, 0.2) is 0 Å². The second-order valence-corrected chi connectivity index (χ2v) is 5.35. The number of nitrogens with one attached hydrogen (secondary N) is 1. The summed E-state index contributed by atoms with van der Waals surface area (Å²) < 4.78 is 0. The van der Waals surface area contributed by atoms with Crippen LogP contribution in [0.15, 0.2) is 18.2 Å². The highest BCUT2D eigenvalue weighted by molar-refractivity contribution is 5.76. The van der Waals surface area contributed by atoms with E-state index in [1.807, 2.05) is 24.8 Å². The van der Waals surface area contributed by atoms with Crippen LogP contribution in [0.2, 0.25) is 0 Å². The molecule has 0 bridgehead atoms. The number of carbonyl (C=O) groups is 1. The Morgan fingerprint density at radius 3 is 2.62 bits per heavy atom. The highest BCUT2D eigenvalue weighted by atomic mass is 16.6. The van der Waals surface area contributed by atoms with Gasteiger partial charge in [0.25, 0.3) is 5.69 Å². The zero-order valence-electron chi connectivity index (χ0n) is 12.6. The predicted octanol–water partition coefficient (Wildman–Crippen LogP) is 1.58. The summed E-state index contributed by atoms with van der Waals surface area (Å²) in [7, 11) is 1.65. The van der Waals surface area contributed by atoms with Crippen LogP contribution in [0.3, 0.4) is 0 Å². The molecule has 0 unspecified atom stereocenters. The first kappa shape index (κ1) is 16.9. The number of hydrogen-bond donors (Lipinski definition) is 2. The number of nitro groups is 1. The molecule has 7 nitrogen and oxygen atoms in total. The maximum absolute atomic E-state index is 11.2. The van der Waals surface area contributed by atoms with E-state index in [1.54, 1.807) is 13.1 Å². The fourth-order valence-electron chi connectivity index (χ4n) is 2.32. The summed E-state index contributed by atoms with van der Waals surface area (Å²) in [6, 6.07) is 4.91. The van der Waals surface area contributed by atoms with Gasteiger partial charge < -0.3 is 11.1 Å². The van der Waals surface area contributed by atoms with Gasteiger partial charge in [0, 0.05) is 26.2 Å². The van der Waals surface area contributed by atoms with Crippen molar-refractivity contribution in [2.24, 2.45) is 11.7 Å². The second kappa shape index (κ2) is 7.58. The van der Waals surface area contributed by atoms with Gasteiger partial charge in [-0.2, -0.15) is 0 Å². The standard InChI is InChI=1S/C14H22N4O3/c1-10(2)7-17(9-13(15)19)8-11-5-4-6-12(18(20)21)14(11)16-3/h4-6,10,16H,7-9H2,1-3H3,(H2,15,19). The number of benzene rings is 1. The van der Waals surface area contributed by atoms with Gasteiger partial charge in [-0.1, -0.05) is 26.0 Å². The monoisotopic (exact) mass is 294 g/mol. The number of carbonyl (C=O) groups excluding carboxylic acids is 1. The molecule has 1 amide bonds. The molecule has 0 saturated carbocycles. The van der Waals surface area contributed by atoms with Crippen LogP contribution in [0, 0.1) is 16.0 Å². The van der Waals surface area contributed by atoms with Gasteiger partial charge in [0.1, 0.15) is 5.69 Å². The Morgan fingerprint density at radius 2 is 2.14 bits per heavy atom. The molecule has 0 atom stereocenters. The summed E-state index contributed by atoms with van der Waals surface area (Å²) in [4.78, 5) is 23.7. The summed E-state index contributed by atoms with van der Waals surface area (Å²) in [6.07, 6.45) is 0. The van der Waals surface area contributed by atoms with Crippen LogP contribution >= 0.6 is 0 Å². The molecule has 0 spiro atoms. The molecule has 0 radical (unpaired) electrons. The molecule has 0 aliphatic rings. The van der Waals surface area contributed by atoms with Gasteiger partial charge >= 0.3 is 0 Å². The largest absolute Gasteiger partial charge is 0.382 e. The number of hydrogen-bond acceptors (Lipinski definition) is 5. The fraction of sp³-hybridized carbons (Fsp3) is 0.500. The van der Waals surface area contributed by atoms with E-state index in [-0.39, 0.29) is 12.2 Å². The van der Waals surface area contributed by atoms with Gasteiger partial charge in [0.05, 0.1) is 11.5 Å². The quantitative estimate of drug-likeness (QED) is 0.560. The average Bonchev–Trinajstić information content (AvgIpc) is 2.36. The van der Waals surface area contributed by atoms with Crippen LogP contribution in [0.4, 0.5) is 11.4 Å². The first-order chi connectivity index (χ1) is 9.85. The van der Waals surface area contributed by atoms with Crippen molar-refractivity contribution in [3.05, 3.63) is 33.9 Å². The van der Waals surface area contributed by atoms with Crippen molar-refractivity contribution in [2.45, 2.75) is 20.4 Å². The molecular weight excluding hydrogens is 272 g/mol. The van der Waals surface area contributed by atoms with Gasteiger partial charge in [-0.05, 0) is 11.5 Å². The number of amides is 1. The first-order valence-electron chi connectivity index (χ1n) is 6.79. The van der Waals surface area contributed by atoms with Crippen molar-refractivity contribution in [3.8, 4) is 0 Å². The van der Waals surface area contributed by atoms with Crippen molar-refractivity contribution >= 4 is 17.3 Å². The maximum Gasteiger partial charge on any atom is 0.292 e. The number of nitro benzene ring substituents is 1. The van der Waals surface area contributed by atoms with Gasteiger partial charge in [-0.25, -0.2) is 0 Å². The van der Waals surface area contributed by atoms with Crippen molar-refractivity contribution in [1.82, 2.24) is 4.90 Å². The summed E-state index contributed by atoms with van der Waals surface area (Å²) >= 11 is 0. The lowest BCUT2D eigenvalue weighted by Gasteiger charge is -2.23. The molecular formula is C14H22N4O3. The summed E-state index contributed by atoms with van der Waals surface area (Å²) in [6.45, 7) is 5.33. The third-order valence-electron chi connectivity index (χ3n) is 2.97. The Bertz CT molecular complexity index is 517. The van der Waals surface area contributed by atoms with Crippen molar-refractivity contribution < 1.29 is 9.72 Å². The van der Waals surface area contributed by atoms with Crippen LogP contribution in [-0.4, -0.2) is 35.9 Å². The fourth-order valence-corrected chi connectivity index (χ4v) is 2.32. The Balaban J connectivity index is 3.04. The minimum Gasteiger partial charge on any atom is -0.382 e. The van der Waals surface area contributed by atoms with Crippen molar-refractivity contribution in [1.29, 1.82) is 0 Å². The molecule has 116 valence electrons. The predicted molar refractivity (Wildman–Crippen MR) is 82.0 cm³/mol. The Morgan fingerprint density at radius 1 is 1.48 bits per heavy atom. The van der Waals surface area contributed by atoms with Crippen molar-refractivity contribution in [2.75, 3.05) is 25.5 Å². The van der Waals surface area contributed by atoms with E-state index in [9.17, 15) is 14.9 Å². The molecule has 1 rings (SSSR count). The van der Waals surface area contributed by atoms with Crippen LogP contribution in [0.5, 0.6) is 0 Å². The third-order valence-corrected chi connectivity index (χ3v) is 2.97. The molecule has 0 fully saturated rings. The SMILES string of the molecule is CNc1c(CN(CC(N)=O)CC(C)C)cccc1[N+](=O)[O-]. The van der Waals surface area contributed by atoms with E-state index in [4.69, 9.17) is 5.73 Å². The minimum atomic E-state index is -0.420. The Labute approximate surface area is 124 Å². The molecule has 1 aromatic rings. The lowest BCUT2D eigenvalue weighted by molar-refractivity contribution is -0.384. The molecule has 0 aliphatic heterocycles. The number of nitrogens with two attached hydrogens (primary N) is 1. The Kier molecular flexibility index (Phi) is 6.10. The molecule has 0 saturated heterocycles. The highest BCUT2D eigenvalue weighted by Gasteiger charge is 2.19. The van der Waals surface area contributed by atoms with E-state index < -0.39 is 10.8 Å². The molecule has 7 heteroatoms. The number of nitrogens with zero attached hydrogens (tertiary/aromatic N) is 2. The molecule has 0 aliphatic carbocycles. The van der Waals surface area contributed by atoms with Crippen LogP contribution < -0.4 is 11.1 Å². The van der Waals surface area contributed by atoms with Crippen LogP contribution in [0.25, 0.3) is 0 Å². The Hall–Kier alpha value is -2.15. The van der Waals surface area contributed by atoms with Gasteiger partial charge in [0.2, 0.25) is 5.91 Å². The first-order valence-corrected chi connectivity index (χ1v) is 6.79. The molecule has 0 aromatic heterocycles. The summed E-state index contributed by atoms with van der Waals surface area (Å²) in [5, 5.41) is 13.9. The molecule has 1 aromatic carbocycles. The topological polar surface area (TPSA) is 102 Å². The maximum atomic E-state index is 11.2. The van der Waals surface area contributed by atoms with Gasteiger partial charge in [-0.3, -0.25) is 19.8 Å². The molecule has 3 N–H and O–H groups in total. The number of rotatable bonds is 8. The lowest BCUT2D eigenvalue weighted by atomic mass is 10.1. The van der Waals surface area contributed by atoms with E-state index >= 15 is 0 Å². The third kappa shape index (κ3) is 5.03. The number of anilines is 1. The van der Waals surface area contributed by atoms with Crippen LogP contribution in [0.1, 0.15) is 19.4 Å². The van der Waals surface area contributed by atoms with Crippen molar-refractivity contribution in [3.63, 3.8) is 0 Å². The van der Waals surface area contributed by atoms with Gasteiger partial charge in [-0.15, -0.1) is 0 Å². The van der Waals surface area contributed by atoms with E-state index in [2.05, 4.69) is 5.32 Å². The molecule has 21 heavy (non-hydrogen) atoms. The number of para-hydroxylation sites is 1. The summed E-state index contributed by atoms with van der Waals surface area (Å²) in [5.41, 5.74) is 6.54. The minimum absolute atomic E-state index is 0.0265. The highest BCUT2D eigenvalue weighted by Crippen LogP contribution is 2.28. The lowest BCUT2D eigenvalue weighted by Crippen LogP contribution is -2.35. The second-order valence-electron chi connectivity index (χ2n) is 5.35. The number of primary amides is 1. The van der Waals surface area contributed by atoms with E-state index in [0.717, 1.165) is 5.56 Å². The van der Waals surface area contributed by atoms with Crippen LogP contribution in [-0.2, 0) is 11.3 Å². The smallest absolute Gasteiger partial charge is 0.292 e.